The molecule has 146 valence electrons. The largest absolute Gasteiger partial charge is 0.507 e. The van der Waals surface area contributed by atoms with Gasteiger partial charge in [-0.2, -0.15) is 4.98 Å². The lowest BCUT2D eigenvalue weighted by Gasteiger charge is -2.31. The molecule has 0 amide bonds. The van der Waals surface area contributed by atoms with Crippen LogP contribution in [0.3, 0.4) is 0 Å². The van der Waals surface area contributed by atoms with E-state index in [0.717, 1.165) is 37.4 Å². The first kappa shape index (κ1) is 17.3. The standard InChI is InChI=1S/C21H24N4O3/c1-2-25-10-3-4-13(12-25)22-21-24-20-18(28-21)8-6-16(23-20)14-5-7-17-15(19(14)26)9-11-27-17/h5-8,13,26H,2-4,9-12H2,1H3,(H,22,23,24)/t13-/m1/s1. The molecule has 0 bridgehead atoms. The molecule has 7 nitrogen and oxygen atoms in total. The van der Waals surface area contributed by atoms with Crippen molar-refractivity contribution in [3.05, 3.63) is 29.8 Å². The van der Waals surface area contributed by atoms with Crippen LogP contribution < -0.4 is 10.1 Å². The summed E-state index contributed by atoms with van der Waals surface area (Å²) in [5.41, 5.74) is 3.39. The topological polar surface area (TPSA) is 83.7 Å². The zero-order valence-corrected chi connectivity index (χ0v) is 15.9. The number of ether oxygens (including phenoxy) is 1. The highest BCUT2D eigenvalue weighted by molar-refractivity contribution is 5.78. The number of fused-ring (bicyclic) bond motifs is 2. The molecule has 5 rings (SSSR count). The Kier molecular flexibility index (Phi) is 4.31. The van der Waals surface area contributed by atoms with Gasteiger partial charge in [0.1, 0.15) is 11.5 Å². The molecule has 0 spiro atoms. The average molecular weight is 380 g/mol. The van der Waals surface area contributed by atoms with Crippen LogP contribution in [0.2, 0.25) is 0 Å². The third kappa shape index (κ3) is 3.05. The summed E-state index contributed by atoms with van der Waals surface area (Å²) in [4.78, 5) is 11.6. The molecule has 1 aromatic carbocycles. The number of piperidine rings is 1. The van der Waals surface area contributed by atoms with Gasteiger partial charge in [0.25, 0.3) is 6.01 Å². The van der Waals surface area contributed by atoms with Crippen LogP contribution >= 0.6 is 0 Å². The van der Waals surface area contributed by atoms with Crippen LogP contribution in [0.1, 0.15) is 25.3 Å². The van der Waals surface area contributed by atoms with E-state index < -0.39 is 0 Å². The summed E-state index contributed by atoms with van der Waals surface area (Å²) in [6.07, 6.45) is 3.00. The van der Waals surface area contributed by atoms with E-state index in [1.807, 2.05) is 24.3 Å². The number of nitrogens with one attached hydrogen (secondary N) is 1. The van der Waals surface area contributed by atoms with Gasteiger partial charge >= 0.3 is 0 Å². The number of likely N-dealkylation sites (tertiary alicyclic amines) is 1. The van der Waals surface area contributed by atoms with Crippen LogP contribution in [0.15, 0.2) is 28.7 Å². The number of hydrogen-bond donors (Lipinski definition) is 2. The van der Waals surface area contributed by atoms with Crippen LogP contribution in [0.25, 0.3) is 22.5 Å². The highest BCUT2D eigenvalue weighted by atomic mass is 16.5. The van der Waals surface area contributed by atoms with Crippen molar-refractivity contribution in [2.75, 3.05) is 31.6 Å². The first-order valence-corrected chi connectivity index (χ1v) is 9.95. The number of hydrogen-bond acceptors (Lipinski definition) is 7. The third-order valence-corrected chi connectivity index (χ3v) is 5.66. The summed E-state index contributed by atoms with van der Waals surface area (Å²) in [6, 6.07) is 8.29. The quantitative estimate of drug-likeness (QED) is 0.717. The molecule has 2 N–H and O–H groups in total. The first-order chi connectivity index (χ1) is 13.7. The molecule has 4 heterocycles. The molecule has 1 saturated heterocycles. The summed E-state index contributed by atoms with van der Waals surface area (Å²) in [7, 11) is 0. The normalized spacial score (nSPS) is 19.5. The lowest BCUT2D eigenvalue weighted by molar-refractivity contribution is 0.225. The van der Waals surface area contributed by atoms with Crippen LogP contribution in [0, 0.1) is 0 Å². The predicted molar refractivity (Wildman–Crippen MR) is 107 cm³/mol. The van der Waals surface area contributed by atoms with Crippen molar-refractivity contribution < 1.29 is 14.3 Å². The Bertz CT molecular complexity index is 1020. The van der Waals surface area contributed by atoms with Gasteiger partial charge in [-0.05, 0) is 50.2 Å². The van der Waals surface area contributed by atoms with Gasteiger partial charge < -0.3 is 24.5 Å². The summed E-state index contributed by atoms with van der Waals surface area (Å²) in [6.45, 7) is 6.01. The fraction of sp³-hybridized carbons (Fsp3) is 0.429. The lowest BCUT2D eigenvalue weighted by Crippen LogP contribution is -2.41. The number of benzene rings is 1. The number of nitrogens with zero attached hydrogens (tertiary/aromatic N) is 3. The molecule has 2 aromatic heterocycles. The van der Waals surface area contributed by atoms with Crippen molar-refractivity contribution in [3.63, 3.8) is 0 Å². The molecular weight excluding hydrogens is 356 g/mol. The Hall–Kier alpha value is -2.80. The molecule has 0 unspecified atom stereocenters. The maximum atomic E-state index is 10.6. The molecule has 3 aromatic rings. The summed E-state index contributed by atoms with van der Waals surface area (Å²) in [5.74, 6) is 0.995. The monoisotopic (exact) mass is 380 g/mol. The first-order valence-electron chi connectivity index (χ1n) is 9.95. The molecule has 0 aliphatic carbocycles. The van der Waals surface area contributed by atoms with Gasteiger partial charge in [-0.25, -0.2) is 4.98 Å². The molecule has 1 fully saturated rings. The second-order valence-electron chi connectivity index (χ2n) is 7.45. The highest BCUT2D eigenvalue weighted by Crippen LogP contribution is 2.40. The van der Waals surface area contributed by atoms with Gasteiger partial charge in [0.2, 0.25) is 5.65 Å². The Morgan fingerprint density at radius 2 is 2.18 bits per heavy atom. The number of anilines is 1. The minimum Gasteiger partial charge on any atom is -0.507 e. The fourth-order valence-electron chi connectivity index (χ4n) is 4.13. The molecular formula is C21H24N4O3. The van der Waals surface area contributed by atoms with Crippen molar-refractivity contribution in [3.8, 4) is 22.8 Å². The van der Waals surface area contributed by atoms with E-state index in [4.69, 9.17) is 9.15 Å². The smallest absolute Gasteiger partial charge is 0.297 e. The van der Waals surface area contributed by atoms with Crippen LogP contribution in [-0.4, -0.2) is 52.3 Å². The van der Waals surface area contributed by atoms with Gasteiger partial charge in [-0.1, -0.05) is 6.92 Å². The highest BCUT2D eigenvalue weighted by Gasteiger charge is 2.22. The number of aromatic nitrogens is 2. The van der Waals surface area contributed by atoms with Crippen LogP contribution in [0.5, 0.6) is 11.5 Å². The number of likely N-dealkylation sites (N-methyl/N-ethyl adjacent to an activating group) is 1. The van der Waals surface area contributed by atoms with Crippen molar-refractivity contribution in [2.24, 2.45) is 0 Å². The van der Waals surface area contributed by atoms with Crippen LogP contribution in [-0.2, 0) is 6.42 Å². The minimum atomic E-state index is 0.241. The van der Waals surface area contributed by atoms with Crippen molar-refractivity contribution >= 4 is 17.2 Å². The number of phenolic OH excluding ortho intramolecular Hbond substituents is 1. The number of rotatable bonds is 4. The van der Waals surface area contributed by atoms with Gasteiger partial charge in [-0.15, -0.1) is 0 Å². The average Bonchev–Trinajstić information content (AvgIpc) is 3.34. The third-order valence-electron chi connectivity index (χ3n) is 5.66. The second kappa shape index (κ2) is 6.98. The predicted octanol–water partition coefficient (Wildman–Crippen LogP) is 3.43. The van der Waals surface area contributed by atoms with Gasteiger partial charge in [-0.3, -0.25) is 0 Å². The molecule has 28 heavy (non-hydrogen) atoms. The summed E-state index contributed by atoms with van der Waals surface area (Å²) >= 11 is 0. The van der Waals surface area contributed by atoms with Crippen LogP contribution in [0.4, 0.5) is 6.01 Å². The fourth-order valence-corrected chi connectivity index (χ4v) is 4.13. The maximum Gasteiger partial charge on any atom is 0.297 e. The van der Waals surface area contributed by atoms with E-state index in [2.05, 4.69) is 27.1 Å². The van der Waals surface area contributed by atoms with E-state index in [1.165, 1.54) is 6.42 Å². The van der Waals surface area contributed by atoms with E-state index in [9.17, 15) is 5.11 Å². The van der Waals surface area contributed by atoms with Gasteiger partial charge in [0.05, 0.1) is 12.3 Å². The molecule has 2 aliphatic rings. The zero-order valence-electron chi connectivity index (χ0n) is 15.9. The second-order valence-corrected chi connectivity index (χ2v) is 7.45. The Morgan fingerprint density at radius 1 is 1.25 bits per heavy atom. The van der Waals surface area contributed by atoms with Crippen molar-refractivity contribution in [1.29, 1.82) is 0 Å². The summed E-state index contributed by atoms with van der Waals surface area (Å²) < 4.78 is 11.4. The Balaban J connectivity index is 1.41. The van der Waals surface area contributed by atoms with Crippen molar-refractivity contribution in [1.82, 2.24) is 14.9 Å². The van der Waals surface area contributed by atoms with E-state index in [0.29, 0.717) is 47.6 Å². The van der Waals surface area contributed by atoms with Crippen molar-refractivity contribution in [2.45, 2.75) is 32.2 Å². The van der Waals surface area contributed by atoms with E-state index >= 15 is 0 Å². The number of oxazole rings is 1. The van der Waals surface area contributed by atoms with E-state index in [1.54, 1.807) is 0 Å². The van der Waals surface area contributed by atoms with Gasteiger partial charge in [0, 0.05) is 30.1 Å². The minimum absolute atomic E-state index is 0.241. The molecule has 1 atom stereocenters. The Labute approximate surface area is 163 Å². The molecule has 0 radical (unpaired) electrons. The molecule has 2 aliphatic heterocycles. The molecule has 7 heteroatoms. The van der Waals surface area contributed by atoms with Gasteiger partial charge in [0.15, 0.2) is 5.58 Å². The van der Waals surface area contributed by atoms with E-state index in [-0.39, 0.29) is 5.75 Å². The SMILES string of the molecule is CCN1CCC[C@@H](Nc2nc3nc(-c4ccc5c(c4O)CCO5)ccc3o2)C1. The number of phenols is 1. The number of aromatic hydroxyl groups is 1. The maximum absolute atomic E-state index is 10.6. The number of pyridine rings is 1. The Morgan fingerprint density at radius 3 is 3.07 bits per heavy atom. The summed E-state index contributed by atoms with van der Waals surface area (Å²) in [5, 5.41) is 14.0. The zero-order chi connectivity index (χ0) is 19.1. The molecule has 0 saturated carbocycles. The lowest BCUT2D eigenvalue weighted by atomic mass is 10.0.